The van der Waals surface area contributed by atoms with E-state index in [2.05, 4.69) is 10.1 Å². The van der Waals surface area contributed by atoms with Crippen molar-refractivity contribution in [2.45, 2.75) is 26.3 Å². The lowest BCUT2D eigenvalue weighted by molar-refractivity contribution is 0.537. The maximum Gasteiger partial charge on any atom is 0.338 e. The highest BCUT2D eigenvalue weighted by molar-refractivity contribution is 4.70. The fraction of sp³-hybridized carbons (Fsp3) is 0.571. The van der Waals surface area contributed by atoms with Crippen LogP contribution in [0.3, 0.4) is 0 Å². The molecule has 0 radical (unpaired) electrons. The molecule has 0 unspecified atom stereocenters. The van der Waals surface area contributed by atoms with Crippen molar-refractivity contribution >= 4 is 0 Å². The Balaban J connectivity index is 2.83. The van der Waals surface area contributed by atoms with Gasteiger partial charge in [0, 0.05) is 6.54 Å². The molecule has 12 heavy (non-hydrogen) atoms. The number of hydrogen-bond donors (Lipinski definition) is 1. The maximum atomic E-state index is 10.8. The van der Waals surface area contributed by atoms with Crippen LogP contribution >= 0.6 is 0 Å². The number of unbranched alkanes of at least 4 members (excludes halogenated alkanes) is 1. The van der Waals surface area contributed by atoms with Crippen molar-refractivity contribution in [3.8, 4) is 0 Å². The van der Waals surface area contributed by atoms with E-state index in [1.54, 1.807) is 0 Å². The minimum atomic E-state index is -0.734. The number of rotatable bonds is 3. The van der Waals surface area contributed by atoms with Gasteiger partial charge in [-0.1, -0.05) is 13.3 Å². The zero-order valence-electron chi connectivity index (χ0n) is 6.91. The topological polar surface area (TPSA) is 67.8 Å². The van der Waals surface area contributed by atoms with Crippen molar-refractivity contribution in [2.24, 2.45) is 0 Å². The highest BCUT2D eigenvalue weighted by atomic mass is 16.2. The van der Waals surface area contributed by atoms with Crippen LogP contribution in [0.5, 0.6) is 0 Å². The first-order valence-corrected chi connectivity index (χ1v) is 3.90. The van der Waals surface area contributed by atoms with Gasteiger partial charge in [-0.15, -0.1) is 0 Å². The predicted octanol–water partition coefficient (Wildman–Crippen LogP) is -0.268. The molecule has 0 saturated heterocycles. The second-order valence-corrected chi connectivity index (χ2v) is 2.54. The fourth-order valence-electron chi connectivity index (χ4n) is 0.830. The van der Waals surface area contributed by atoms with Gasteiger partial charge >= 0.3 is 11.1 Å². The van der Waals surface area contributed by atoms with Crippen LogP contribution in [0, 0.1) is 0 Å². The molecule has 1 N–H and O–H groups in total. The highest BCUT2D eigenvalue weighted by Gasteiger charge is 1.93. The van der Waals surface area contributed by atoms with Gasteiger partial charge in [0.25, 0.3) is 0 Å². The largest absolute Gasteiger partial charge is 0.338 e. The minimum Gasteiger partial charge on any atom is -0.274 e. The molecule has 0 saturated carbocycles. The number of nitrogens with one attached hydrogen (secondary N) is 1. The lowest BCUT2D eigenvalue weighted by atomic mass is 10.3. The van der Waals surface area contributed by atoms with Gasteiger partial charge in [-0.05, 0) is 6.42 Å². The average Bonchev–Trinajstić information content (AvgIpc) is 2.07. The quantitative estimate of drug-likeness (QED) is 0.633. The molecule has 0 aromatic carbocycles. The first kappa shape index (κ1) is 8.70. The second kappa shape index (κ2) is 3.85. The molecule has 0 fully saturated rings. The molecule has 0 amide bonds. The molecule has 1 aromatic rings. The van der Waals surface area contributed by atoms with E-state index in [-0.39, 0.29) is 0 Å². The molecule has 0 atom stereocenters. The third kappa shape index (κ3) is 2.05. The van der Waals surface area contributed by atoms with Gasteiger partial charge in [-0.25, -0.2) is 0 Å². The zero-order valence-corrected chi connectivity index (χ0v) is 6.91. The Bertz CT molecular complexity index is 352. The van der Waals surface area contributed by atoms with Crippen LogP contribution in [-0.2, 0) is 6.54 Å². The Labute approximate surface area is 69.1 Å². The number of aryl methyl sites for hydroxylation is 1. The Kier molecular flexibility index (Phi) is 2.79. The summed E-state index contributed by atoms with van der Waals surface area (Å²) in [5.74, 6) is 0. The SMILES string of the molecule is CCCCn1cnc(=O)c(=O)[nH]1. The van der Waals surface area contributed by atoms with E-state index in [9.17, 15) is 9.59 Å². The monoisotopic (exact) mass is 169 g/mol. The van der Waals surface area contributed by atoms with Crippen molar-refractivity contribution < 1.29 is 0 Å². The Morgan fingerprint density at radius 2 is 2.33 bits per heavy atom. The van der Waals surface area contributed by atoms with Crippen LogP contribution in [0.15, 0.2) is 15.9 Å². The number of H-pyrrole nitrogens is 1. The summed E-state index contributed by atoms with van der Waals surface area (Å²) in [6, 6.07) is 0. The summed E-state index contributed by atoms with van der Waals surface area (Å²) in [7, 11) is 0. The molecule has 0 spiro atoms. The van der Waals surface area contributed by atoms with Gasteiger partial charge in [-0.3, -0.25) is 19.4 Å². The first-order chi connectivity index (χ1) is 5.74. The van der Waals surface area contributed by atoms with Crippen LogP contribution < -0.4 is 11.1 Å². The molecule has 1 rings (SSSR count). The van der Waals surface area contributed by atoms with Crippen molar-refractivity contribution in [1.82, 2.24) is 14.8 Å². The maximum absolute atomic E-state index is 10.8. The summed E-state index contributed by atoms with van der Waals surface area (Å²) in [6.45, 7) is 2.74. The fourth-order valence-corrected chi connectivity index (χ4v) is 0.830. The van der Waals surface area contributed by atoms with Gasteiger partial charge in [0.15, 0.2) is 0 Å². The number of aromatic amines is 1. The molecule has 0 aliphatic carbocycles. The van der Waals surface area contributed by atoms with Gasteiger partial charge in [0.05, 0.1) is 0 Å². The van der Waals surface area contributed by atoms with E-state index >= 15 is 0 Å². The lowest BCUT2D eigenvalue weighted by Crippen LogP contribution is -2.33. The van der Waals surface area contributed by atoms with E-state index in [1.165, 1.54) is 11.0 Å². The van der Waals surface area contributed by atoms with Crippen LogP contribution in [0.1, 0.15) is 19.8 Å². The second-order valence-electron chi connectivity index (χ2n) is 2.54. The number of aromatic nitrogens is 3. The highest BCUT2D eigenvalue weighted by Crippen LogP contribution is 1.88. The minimum absolute atomic E-state index is 0.659. The van der Waals surface area contributed by atoms with Gasteiger partial charge in [0.1, 0.15) is 6.33 Å². The van der Waals surface area contributed by atoms with Gasteiger partial charge in [-0.2, -0.15) is 4.98 Å². The van der Waals surface area contributed by atoms with E-state index in [1.807, 2.05) is 6.92 Å². The molecular weight excluding hydrogens is 158 g/mol. The van der Waals surface area contributed by atoms with Crippen molar-refractivity contribution in [1.29, 1.82) is 0 Å². The smallest absolute Gasteiger partial charge is 0.274 e. The average molecular weight is 169 g/mol. The molecule has 0 bridgehead atoms. The summed E-state index contributed by atoms with van der Waals surface area (Å²) in [6.07, 6.45) is 3.34. The van der Waals surface area contributed by atoms with Crippen LogP contribution in [0.4, 0.5) is 0 Å². The van der Waals surface area contributed by atoms with E-state index in [0.717, 1.165) is 12.8 Å². The van der Waals surface area contributed by atoms with Crippen LogP contribution in [0.25, 0.3) is 0 Å². The van der Waals surface area contributed by atoms with Crippen molar-refractivity contribution in [2.75, 3.05) is 0 Å². The molecule has 0 aliphatic rings. The normalized spacial score (nSPS) is 10.1. The molecular formula is C7H11N3O2. The molecule has 0 aliphatic heterocycles. The molecule has 1 heterocycles. The van der Waals surface area contributed by atoms with Gasteiger partial charge in [0.2, 0.25) is 0 Å². The van der Waals surface area contributed by atoms with Crippen LogP contribution in [0.2, 0.25) is 0 Å². The van der Waals surface area contributed by atoms with E-state index in [4.69, 9.17) is 0 Å². The van der Waals surface area contributed by atoms with E-state index in [0.29, 0.717) is 6.54 Å². The third-order valence-corrected chi connectivity index (χ3v) is 1.51. The lowest BCUT2D eigenvalue weighted by Gasteiger charge is -2.01. The zero-order chi connectivity index (χ0) is 8.97. The van der Waals surface area contributed by atoms with Gasteiger partial charge < -0.3 is 0 Å². The summed E-state index contributed by atoms with van der Waals surface area (Å²) < 4.78 is 1.52. The van der Waals surface area contributed by atoms with E-state index < -0.39 is 11.1 Å². The summed E-state index contributed by atoms with van der Waals surface area (Å²) in [5, 5.41) is 2.40. The molecule has 1 aromatic heterocycles. The summed E-state index contributed by atoms with van der Waals surface area (Å²) in [4.78, 5) is 24.7. The summed E-state index contributed by atoms with van der Waals surface area (Å²) in [5.41, 5.74) is -1.39. The molecule has 5 nitrogen and oxygen atoms in total. The number of nitrogens with zero attached hydrogens (tertiary/aromatic N) is 2. The van der Waals surface area contributed by atoms with Crippen molar-refractivity contribution in [3.05, 3.63) is 27.0 Å². The Hall–Kier alpha value is -1.39. The summed E-state index contributed by atoms with van der Waals surface area (Å²) >= 11 is 0. The molecule has 66 valence electrons. The van der Waals surface area contributed by atoms with Crippen molar-refractivity contribution in [3.63, 3.8) is 0 Å². The standard InChI is InChI=1S/C7H11N3O2/c1-2-3-4-10-5-8-6(11)7(12)9-10/h5H,2-4H2,1H3,(H,9,12). The number of hydrogen-bond acceptors (Lipinski definition) is 3. The molecule has 5 heteroatoms. The predicted molar refractivity (Wildman–Crippen MR) is 44.0 cm³/mol. The first-order valence-electron chi connectivity index (χ1n) is 3.90. The Morgan fingerprint density at radius 3 is 2.92 bits per heavy atom. The van der Waals surface area contributed by atoms with Crippen LogP contribution in [-0.4, -0.2) is 14.8 Å². The third-order valence-electron chi connectivity index (χ3n) is 1.51. The Morgan fingerprint density at radius 1 is 1.58 bits per heavy atom.